The Morgan fingerprint density at radius 1 is 1.39 bits per heavy atom. The van der Waals surface area contributed by atoms with E-state index in [1.807, 2.05) is 0 Å². The highest BCUT2D eigenvalue weighted by Gasteiger charge is 2.33. The molecule has 0 aliphatic heterocycles. The fourth-order valence-corrected chi connectivity index (χ4v) is 1.59. The minimum Gasteiger partial charge on any atom is -0.330 e. The molecule has 0 saturated carbocycles. The maximum Gasteiger partial charge on any atom is 0.406 e. The van der Waals surface area contributed by atoms with Crippen LogP contribution in [0.15, 0.2) is 23.1 Å². The van der Waals surface area contributed by atoms with Gasteiger partial charge in [-0.3, -0.25) is 4.79 Å². The fraction of sp³-hybridized carbons (Fsp3) is 0.364. The second-order valence-corrected chi connectivity index (χ2v) is 4.12. The van der Waals surface area contributed by atoms with Crippen molar-refractivity contribution in [1.29, 1.82) is 0 Å². The van der Waals surface area contributed by atoms with Gasteiger partial charge >= 0.3 is 6.18 Å². The molecular weight excluding hydrogens is 270 g/mol. The minimum absolute atomic E-state index is 0.158. The maximum atomic E-state index is 13.4. The van der Waals surface area contributed by atoms with Crippen molar-refractivity contribution >= 4 is 18.5 Å². The van der Waals surface area contributed by atoms with Gasteiger partial charge in [-0.15, -0.1) is 12.6 Å². The Balaban J connectivity index is 3.00. The van der Waals surface area contributed by atoms with Crippen LogP contribution >= 0.6 is 12.6 Å². The summed E-state index contributed by atoms with van der Waals surface area (Å²) in [5.74, 6) is -1.86. The van der Waals surface area contributed by atoms with Crippen molar-refractivity contribution in [2.75, 3.05) is 13.1 Å². The molecule has 1 amide bonds. The van der Waals surface area contributed by atoms with Crippen LogP contribution in [0.2, 0.25) is 0 Å². The third kappa shape index (κ3) is 3.90. The lowest BCUT2D eigenvalue weighted by Crippen LogP contribution is -2.39. The summed E-state index contributed by atoms with van der Waals surface area (Å²) in [5, 5.41) is 0. The molecule has 0 aliphatic carbocycles. The van der Waals surface area contributed by atoms with Crippen molar-refractivity contribution in [1.82, 2.24) is 4.90 Å². The van der Waals surface area contributed by atoms with Crippen molar-refractivity contribution in [3.8, 4) is 0 Å². The van der Waals surface area contributed by atoms with Crippen LogP contribution in [0.3, 0.4) is 0 Å². The summed E-state index contributed by atoms with van der Waals surface area (Å²) in [4.78, 5) is 12.6. The zero-order valence-electron chi connectivity index (χ0n) is 9.46. The van der Waals surface area contributed by atoms with Crippen LogP contribution in [0, 0.1) is 5.82 Å². The van der Waals surface area contributed by atoms with Crippen LogP contribution < -0.4 is 0 Å². The van der Waals surface area contributed by atoms with Crippen molar-refractivity contribution in [3.05, 3.63) is 29.6 Å². The summed E-state index contributed by atoms with van der Waals surface area (Å²) >= 11 is 3.92. The summed E-state index contributed by atoms with van der Waals surface area (Å²) < 4.78 is 50.1. The smallest absolute Gasteiger partial charge is 0.330 e. The molecule has 2 nitrogen and oxygen atoms in total. The Labute approximate surface area is 107 Å². The molecule has 0 radical (unpaired) electrons. The SMILES string of the molecule is CCN(CC(F)(F)F)C(=O)c1cc(S)ccc1F. The lowest BCUT2D eigenvalue weighted by molar-refractivity contribution is -0.140. The van der Waals surface area contributed by atoms with E-state index >= 15 is 0 Å². The largest absolute Gasteiger partial charge is 0.406 e. The molecule has 0 bridgehead atoms. The van der Waals surface area contributed by atoms with Crippen LogP contribution in [-0.2, 0) is 0 Å². The van der Waals surface area contributed by atoms with Gasteiger partial charge in [0.2, 0.25) is 0 Å². The van der Waals surface area contributed by atoms with Gasteiger partial charge in [0.05, 0.1) is 5.56 Å². The molecule has 1 rings (SSSR count). The van der Waals surface area contributed by atoms with Gasteiger partial charge in [0.1, 0.15) is 12.4 Å². The number of nitrogens with zero attached hydrogens (tertiary/aromatic N) is 1. The number of carbonyl (C=O) groups excluding carboxylic acids is 1. The van der Waals surface area contributed by atoms with Gasteiger partial charge < -0.3 is 4.90 Å². The summed E-state index contributed by atoms with van der Waals surface area (Å²) in [5.41, 5.74) is -0.409. The molecule has 0 aromatic heterocycles. The number of thiol groups is 1. The second-order valence-electron chi connectivity index (χ2n) is 3.60. The lowest BCUT2D eigenvalue weighted by Gasteiger charge is -2.22. The number of benzene rings is 1. The number of hydrogen-bond acceptors (Lipinski definition) is 2. The minimum atomic E-state index is -4.51. The summed E-state index contributed by atoms with van der Waals surface area (Å²) in [6.07, 6.45) is -4.51. The van der Waals surface area contributed by atoms with E-state index in [9.17, 15) is 22.4 Å². The van der Waals surface area contributed by atoms with Crippen LogP contribution in [0.1, 0.15) is 17.3 Å². The van der Waals surface area contributed by atoms with E-state index in [0.717, 1.165) is 12.1 Å². The van der Waals surface area contributed by atoms with E-state index in [0.29, 0.717) is 9.80 Å². The van der Waals surface area contributed by atoms with E-state index in [1.54, 1.807) is 0 Å². The molecule has 0 N–H and O–H groups in total. The van der Waals surface area contributed by atoms with E-state index < -0.39 is 30.0 Å². The molecule has 1 aromatic rings. The zero-order chi connectivity index (χ0) is 13.9. The Hall–Kier alpha value is -1.24. The first-order valence-corrected chi connectivity index (χ1v) is 5.54. The lowest BCUT2D eigenvalue weighted by atomic mass is 10.2. The Morgan fingerprint density at radius 2 is 2.00 bits per heavy atom. The number of amides is 1. The molecule has 1 aromatic carbocycles. The monoisotopic (exact) mass is 281 g/mol. The number of halogens is 4. The van der Waals surface area contributed by atoms with Gasteiger partial charge in [-0.25, -0.2) is 4.39 Å². The third-order valence-corrected chi connectivity index (χ3v) is 2.50. The Kier molecular flexibility index (Phi) is 4.61. The van der Waals surface area contributed by atoms with Crippen LogP contribution in [-0.4, -0.2) is 30.1 Å². The molecule has 0 unspecified atom stereocenters. The highest BCUT2D eigenvalue weighted by Crippen LogP contribution is 2.20. The first kappa shape index (κ1) is 14.8. The Bertz CT molecular complexity index is 447. The van der Waals surface area contributed by atoms with Gasteiger partial charge in [-0.05, 0) is 25.1 Å². The standard InChI is InChI=1S/C11H11F4NOS/c1-2-16(6-11(13,14)15)10(17)8-5-7(18)3-4-9(8)12/h3-5,18H,2,6H2,1H3. The molecule has 100 valence electrons. The number of carbonyl (C=O) groups is 1. The average Bonchev–Trinajstić information content (AvgIpc) is 2.27. The summed E-state index contributed by atoms with van der Waals surface area (Å²) in [6.45, 7) is -0.167. The molecule has 18 heavy (non-hydrogen) atoms. The summed E-state index contributed by atoms with van der Waals surface area (Å²) in [6, 6.07) is 3.42. The number of alkyl halides is 3. The molecule has 0 saturated heterocycles. The summed E-state index contributed by atoms with van der Waals surface area (Å²) in [7, 11) is 0. The van der Waals surface area contributed by atoms with Crippen molar-refractivity contribution < 1.29 is 22.4 Å². The molecular formula is C11H11F4NOS. The maximum absolute atomic E-state index is 13.4. The van der Waals surface area contributed by atoms with Gasteiger partial charge in [-0.1, -0.05) is 0 Å². The molecule has 0 aliphatic rings. The van der Waals surface area contributed by atoms with Crippen LogP contribution in [0.5, 0.6) is 0 Å². The van der Waals surface area contributed by atoms with Crippen molar-refractivity contribution in [2.45, 2.75) is 18.0 Å². The first-order valence-electron chi connectivity index (χ1n) is 5.09. The number of hydrogen-bond donors (Lipinski definition) is 1. The zero-order valence-corrected chi connectivity index (χ0v) is 10.4. The highest BCUT2D eigenvalue weighted by atomic mass is 32.1. The molecule has 0 heterocycles. The second kappa shape index (κ2) is 5.60. The predicted octanol–water partition coefficient (Wildman–Crippen LogP) is 3.14. The quantitative estimate of drug-likeness (QED) is 0.666. The van der Waals surface area contributed by atoms with Crippen molar-refractivity contribution in [3.63, 3.8) is 0 Å². The topological polar surface area (TPSA) is 20.3 Å². The van der Waals surface area contributed by atoms with Crippen LogP contribution in [0.25, 0.3) is 0 Å². The normalized spacial score (nSPS) is 11.4. The van der Waals surface area contributed by atoms with E-state index in [2.05, 4.69) is 12.6 Å². The molecule has 0 atom stereocenters. The number of rotatable bonds is 3. The first-order chi connectivity index (χ1) is 8.24. The van der Waals surface area contributed by atoms with Crippen molar-refractivity contribution in [2.24, 2.45) is 0 Å². The fourth-order valence-electron chi connectivity index (χ4n) is 1.39. The van der Waals surface area contributed by atoms with E-state index in [1.165, 1.54) is 13.0 Å². The van der Waals surface area contributed by atoms with E-state index in [4.69, 9.17) is 0 Å². The molecule has 7 heteroatoms. The molecule has 0 spiro atoms. The van der Waals surface area contributed by atoms with E-state index in [-0.39, 0.29) is 6.54 Å². The highest BCUT2D eigenvalue weighted by molar-refractivity contribution is 7.80. The van der Waals surface area contributed by atoms with Gasteiger partial charge in [0, 0.05) is 11.4 Å². The average molecular weight is 281 g/mol. The van der Waals surface area contributed by atoms with Gasteiger partial charge in [0.15, 0.2) is 0 Å². The van der Waals surface area contributed by atoms with Crippen LogP contribution in [0.4, 0.5) is 17.6 Å². The predicted molar refractivity (Wildman–Crippen MR) is 61.3 cm³/mol. The Morgan fingerprint density at radius 3 is 2.50 bits per heavy atom. The van der Waals surface area contributed by atoms with Gasteiger partial charge in [0.25, 0.3) is 5.91 Å². The third-order valence-electron chi connectivity index (χ3n) is 2.22. The van der Waals surface area contributed by atoms with Gasteiger partial charge in [-0.2, -0.15) is 13.2 Å². The molecule has 0 fully saturated rings.